The molecule has 2 N–H and O–H groups in total. The largest absolute Gasteiger partial charge is 0.353 e. The van der Waals surface area contributed by atoms with Gasteiger partial charge in [-0.1, -0.05) is 30.1 Å². The van der Waals surface area contributed by atoms with E-state index in [9.17, 15) is 4.39 Å². The molecule has 6 nitrogen and oxygen atoms in total. The van der Waals surface area contributed by atoms with Crippen molar-refractivity contribution in [1.82, 2.24) is 20.4 Å². The first-order valence-electron chi connectivity index (χ1n) is 11.6. The van der Waals surface area contributed by atoms with Gasteiger partial charge in [-0.05, 0) is 59.7 Å². The summed E-state index contributed by atoms with van der Waals surface area (Å²) in [6.07, 6.45) is 8.99. The van der Waals surface area contributed by atoms with Crippen LogP contribution in [0.1, 0.15) is 48.8 Å². The van der Waals surface area contributed by atoms with Crippen LogP contribution >= 0.6 is 23.2 Å². The summed E-state index contributed by atoms with van der Waals surface area (Å²) >= 11 is 12.7. The van der Waals surface area contributed by atoms with Crippen molar-refractivity contribution in [2.75, 3.05) is 26.3 Å². The van der Waals surface area contributed by atoms with Crippen molar-refractivity contribution >= 4 is 39.8 Å². The van der Waals surface area contributed by atoms with Crippen LogP contribution in [0.2, 0.25) is 10.0 Å². The molecule has 5 rings (SSSR count). The van der Waals surface area contributed by atoms with E-state index >= 15 is 0 Å². The Balaban J connectivity index is 1.33. The lowest BCUT2D eigenvalue weighted by Gasteiger charge is -2.24. The van der Waals surface area contributed by atoms with E-state index in [0.29, 0.717) is 23.7 Å². The molecule has 3 aromatic rings. The lowest BCUT2D eigenvalue weighted by Crippen LogP contribution is -2.33. The van der Waals surface area contributed by atoms with Crippen molar-refractivity contribution in [3.63, 3.8) is 0 Å². The minimum Gasteiger partial charge on any atom is -0.353 e. The molecular weight excluding hydrogens is 478 g/mol. The van der Waals surface area contributed by atoms with Crippen molar-refractivity contribution < 1.29 is 13.9 Å². The molecule has 1 fully saturated rings. The first-order chi connectivity index (χ1) is 16.5. The molecule has 1 aromatic carbocycles. The van der Waals surface area contributed by atoms with Gasteiger partial charge in [-0.25, -0.2) is 14.8 Å². The van der Waals surface area contributed by atoms with Crippen molar-refractivity contribution in [3.8, 4) is 0 Å². The van der Waals surface area contributed by atoms with E-state index in [1.54, 1.807) is 6.07 Å². The average molecular weight is 505 g/mol. The summed E-state index contributed by atoms with van der Waals surface area (Å²) in [4.78, 5) is 7.82. The number of rotatable bonds is 7. The first-order valence-corrected chi connectivity index (χ1v) is 12.3. The Hall–Kier alpha value is -2.16. The molecule has 4 heterocycles. The highest BCUT2D eigenvalue weighted by atomic mass is 35.5. The Kier molecular flexibility index (Phi) is 7.09. The number of hydrogen-bond acceptors (Lipinski definition) is 5. The fourth-order valence-electron chi connectivity index (χ4n) is 4.56. The Morgan fingerprint density at radius 1 is 1.32 bits per heavy atom. The number of aromatic nitrogens is 2. The second kappa shape index (κ2) is 10.2. The van der Waals surface area contributed by atoms with Gasteiger partial charge in [0.25, 0.3) is 0 Å². The van der Waals surface area contributed by atoms with E-state index in [-0.39, 0.29) is 17.2 Å². The van der Waals surface area contributed by atoms with Gasteiger partial charge in [0, 0.05) is 48.1 Å². The summed E-state index contributed by atoms with van der Waals surface area (Å²) in [6, 6.07) is 4.93. The van der Waals surface area contributed by atoms with Crippen molar-refractivity contribution in [2.45, 2.75) is 38.4 Å². The molecule has 34 heavy (non-hydrogen) atoms. The van der Waals surface area contributed by atoms with Gasteiger partial charge in [0.2, 0.25) is 0 Å². The van der Waals surface area contributed by atoms with Gasteiger partial charge in [-0.15, -0.1) is 0 Å². The predicted molar refractivity (Wildman–Crippen MR) is 132 cm³/mol. The zero-order valence-corrected chi connectivity index (χ0v) is 20.4. The third kappa shape index (κ3) is 4.81. The molecule has 1 saturated heterocycles. The molecule has 2 aliphatic heterocycles. The SMILES string of the molecule is CC(c1c(Cl)ccc(F)c1Cl)c1c[nH]c2ncc(C3=CN(CCOC4CCCCO4)NC3)cc12. The number of hydrazine groups is 1. The Bertz CT molecular complexity index is 1210. The maximum absolute atomic E-state index is 14.1. The molecule has 2 unspecified atom stereocenters. The van der Waals surface area contributed by atoms with E-state index < -0.39 is 5.82 Å². The molecule has 9 heteroatoms. The zero-order chi connectivity index (χ0) is 23.7. The molecule has 2 atom stereocenters. The van der Waals surface area contributed by atoms with Gasteiger partial charge in [0.15, 0.2) is 6.29 Å². The van der Waals surface area contributed by atoms with Gasteiger partial charge < -0.3 is 19.5 Å². The number of nitrogens with one attached hydrogen (secondary N) is 2. The highest BCUT2D eigenvalue weighted by Gasteiger charge is 2.23. The molecule has 0 aliphatic carbocycles. The van der Waals surface area contributed by atoms with E-state index in [1.807, 2.05) is 24.3 Å². The smallest absolute Gasteiger partial charge is 0.157 e. The number of pyridine rings is 1. The third-order valence-electron chi connectivity index (χ3n) is 6.47. The van der Waals surface area contributed by atoms with Crippen LogP contribution in [-0.4, -0.2) is 47.6 Å². The molecule has 0 radical (unpaired) electrons. The monoisotopic (exact) mass is 504 g/mol. The van der Waals surface area contributed by atoms with E-state index in [4.69, 9.17) is 32.7 Å². The quantitative estimate of drug-likeness (QED) is 0.394. The lowest BCUT2D eigenvalue weighted by atomic mass is 9.92. The Labute approximate surface area is 208 Å². The van der Waals surface area contributed by atoms with Crippen molar-refractivity contribution in [2.24, 2.45) is 0 Å². The van der Waals surface area contributed by atoms with Crippen LogP contribution in [0.3, 0.4) is 0 Å². The van der Waals surface area contributed by atoms with Crippen LogP contribution in [-0.2, 0) is 9.47 Å². The predicted octanol–water partition coefficient (Wildman–Crippen LogP) is 5.86. The second-order valence-corrected chi connectivity index (χ2v) is 9.48. The number of hydrogen-bond donors (Lipinski definition) is 2. The first kappa shape index (κ1) is 23.6. The molecule has 0 bridgehead atoms. The lowest BCUT2D eigenvalue weighted by molar-refractivity contribution is -0.164. The second-order valence-electron chi connectivity index (χ2n) is 8.69. The molecule has 2 aromatic heterocycles. The summed E-state index contributed by atoms with van der Waals surface area (Å²) in [6.45, 7) is 4.76. The van der Waals surface area contributed by atoms with Crippen LogP contribution in [0.25, 0.3) is 16.6 Å². The highest BCUT2D eigenvalue weighted by Crippen LogP contribution is 2.39. The maximum atomic E-state index is 14.1. The molecular formula is C25H27Cl2FN4O2. The molecule has 2 aliphatic rings. The summed E-state index contributed by atoms with van der Waals surface area (Å²) in [5.74, 6) is -0.694. The summed E-state index contributed by atoms with van der Waals surface area (Å²) in [5, 5.41) is 3.49. The summed E-state index contributed by atoms with van der Waals surface area (Å²) < 4.78 is 25.6. The number of benzene rings is 1. The number of fused-ring (bicyclic) bond motifs is 1. The van der Waals surface area contributed by atoms with Crippen LogP contribution in [0.15, 0.2) is 36.8 Å². The highest BCUT2D eigenvalue weighted by molar-refractivity contribution is 6.36. The number of ether oxygens (including phenoxy) is 2. The number of H-pyrrole nitrogens is 1. The molecule has 0 spiro atoms. The zero-order valence-electron chi connectivity index (χ0n) is 18.9. The summed E-state index contributed by atoms with van der Waals surface area (Å²) in [5.41, 5.74) is 7.82. The average Bonchev–Trinajstić information content (AvgIpc) is 3.49. The molecule has 0 saturated carbocycles. The normalized spacial score (nSPS) is 19.6. The fraction of sp³-hybridized carbons (Fsp3) is 0.400. The maximum Gasteiger partial charge on any atom is 0.157 e. The van der Waals surface area contributed by atoms with Gasteiger partial charge in [-0.2, -0.15) is 0 Å². The minimum absolute atomic E-state index is 0.0534. The number of nitrogens with zero attached hydrogens (tertiary/aromatic N) is 2. The molecule has 180 valence electrons. The van der Waals surface area contributed by atoms with Crippen LogP contribution in [0.4, 0.5) is 4.39 Å². The number of halogens is 3. The van der Waals surface area contributed by atoms with Gasteiger partial charge in [0.05, 0.1) is 18.2 Å². The number of aromatic amines is 1. The van der Waals surface area contributed by atoms with Crippen LogP contribution in [0, 0.1) is 5.82 Å². The van der Waals surface area contributed by atoms with Crippen molar-refractivity contribution in [3.05, 3.63) is 69.3 Å². The topological polar surface area (TPSA) is 62.4 Å². The Morgan fingerprint density at radius 3 is 3.03 bits per heavy atom. The molecule has 0 amide bonds. The van der Waals surface area contributed by atoms with Crippen LogP contribution in [0.5, 0.6) is 0 Å². The van der Waals surface area contributed by atoms with Gasteiger partial charge in [-0.3, -0.25) is 0 Å². The fourth-order valence-corrected chi connectivity index (χ4v) is 5.26. The van der Waals surface area contributed by atoms with Crippen molar-refractivity contribution in [1.29, 1.82) is 0 Å². The minimum atomic E-state index is -0.479. The van der Waals surface area contributed by atoms with Gasteiger partial charge in [0.1, 0.15) is 11.5 Å². The van der Waals surface area contributed by atoms with E-state index in [0.717, 1.165) is 60.1 Å². The van der Waals surface area contributed by atoms with Crippen LogP contribution < -0.4 is 5.43 Å². The Morgan fingerprint density at radius 2 is 2.21 bits per heavy atom. The van der Waals surface area contributed by atoms with E-state index in [2.05, 4.69) is 27.7 Å². The summed E-state index contributed by atoms with van der Waals surface area (Å²) in [7, 11) is 0. The standard InChI is InChI=1S/C25H27Cl2FN4O2/c1-15(23-20(26)5-6-21(28)24(23)27)19-13-30-25-18(19)10-16(11-29-25)17-12-31-32(14-17)7-9-34-22-4-2-3-8-33-22/h5-6,10-11,13-15,22,31H,2-4,7-9,12H2,1H3,(H,29,30). The van der Waals surface area contributed by atoms with E-state index in [1.165, 1.54) is 6.07 Å². The third-order valence-corrected chi connectivity index (χ3v) is 7.18. The van der Waals surface area contributed by atoms with Gasteiger partial charge >= 0.3 is 0 Å².